The lowest BCUT2D eigenvalue weighted by Crippen LogP contribution is -2.11. The summed E-state index contributed by atoms with van der Waals surface area (Å²) in [6, 6.07) is 68.7. The van der Waals surface area contributed by atoms with Gasteiger partial charge in [0, 0.05) is 31.2 Å². The van der Waals surface area contributed by atoms with Crippen LogP contribution < -0.4 is 4.90 Å². The van der Waals surface area contributed by atoms with Gasteiger partial charge in [0.2, 0.25) is 0 Å². The minimum atomic E-state index is 1.14. The van der Waals surface area contributed by atoms with Crippen molar-refractivity contribution in [1.82, 2.24) is 0 Å². The van der Waals surface area contributed by atoms with Gasteiger partial charge in [-0.2, -0.15) is 0 Å². The average Bonchev–Trinajstić information content (AvgIpc) is 3.59. The first-order valence-corrected chi connectivity index (χ1v) is 17.9. The summed E-state index contributed by atoms with van der Waals surface area (Å²) in [6.45, 7) is 0. The van der Waals surface area contributed by atoms with E-state index in [2.05, 4.69) is 193 Å². The van der Waals surface area contributed by atoms with E-state index in [9.17, 15) is 0 Å². The van der Waals surface area contributed by atoms with Gasteiger partial charge in [-0.05, 0) is 79.5 Å². The van der Waals surface area contributed by atoms with Crippen LogP contribution in [0.4, 0.5) is 17.1 Å². The third kappa shape index (κ3) is 4.69. The van der Waals surface area contributed by atoms with E-state index < -0.39 is 0 Å². The Morgan fingerprint density at radius 1 is 0.360 bits per heavy atom. The van der Waals surface area contributed by atoms with E-state index in [0.29, 0.717) is 0 Å². The smallest absolute Gasteiger partial charge is 0.0555 e. The van der Waals surface area contributed by atoms with Crippen LogP contribution in [0.1, 0.15) is 0 Å². The minimum Gasteiger partial charge on any atom is -0.309 e. The molecule has 0 aliphatic carbocycles. The van der Waals surface area contributed by atoms with Crippen LogP contribution in [0.15, 0.2) is 188 Å². The lowest BCUT2D eigenvalue weighted by Gasteiger charge is -2.28. The molecule has 0 saturated heterocycles. The van der Waals surface area contributed by atoms with Crippen molar-refractivity contribution in [3.63, 3.8) is 0 Å². The van der Waals surface area contributed by atoms with Crippen molar-refractivity contribution < 1.29 is 0 Å². The van der Waals surface area contributed by atoms with Crippen LogP contribution in [0.25, 0.3) is 74.7 Å². The zero-order chi connectivity index (χ0) is 33.0. The molecule has 0 atom stereocenters. The van der Waals surface area contributed by atoms with E-state index in [0.717, 1.165) is 5.69 Å². The van der Waals surface area contributed by atoms with Gasteiger partial charge in [-0.3, -0.25) is 0 Å². The van der Waals surface area contributed by atoms with Gasteiger partial charge in [0.25, 0.3) is 0 Å². The molecular formula is C48H31NS. The Kier molecular flexibility index (Phi) is 6.75. The Balaban J connectivity index is 1.25. The first kappa shape index (κ1) is 28.8. The first-order valence-electron chi connectivity index (χ1n) is 17.1. The number of hydrogen-bond acceptors (Lipinski definition) is 2. The van der Waals surface area contributed by atoms with Crippen LogP contribution in [-0.2, 0) is 0 Å². The third-order valence-corrected chi connectivity index (χ3v) is 11.2. The molecule has 1 aromatic heterocycles. The fourth-order valence-corrected chi connectivity index (χ4v) is 8.90. The van der Waals surface area contributed by atoms with Crippen molar-refractivity contribution >= 4 is 80.9 Å². The standard InChI is InChI=1S/C48H31NS/c1-2-11-32(12-3-1)33-21-23-36(24-22-33)41-29-30-45(47-42-18-8-9-20-46(42)50-48(41)47)49(44-19-10-15-34-13-5-7-17-40(34)44)38-28-27-37-26-25-35-14-4-6-16-39(35)43(37)31-38/h1-31H. The maximum atomic E-state index is 2.49. The molecule has 0 unspecified atom stereocenters. The van der Waals surface area contributed by atoms with E-state index in [1.165, 1.54) is 86.1 Å². The summed E-state index contributed by atoms with van der Waals surface area (Å²) >= 11 is 1.89. The normalized spacial score (nSPS) is 11.6. The molecule has 0 fully saturated rings. The molecule has 50 heavy (non-hydrogen) atoms. The summed E-state index contributed by atoms with van der Waals surface area (Å²) < 4.78 is 2.59. The van der Waals surface area contributed by atoms with Gasteiger partial charge in [0.05, 0.1) is 11.4 Å². The molecule has 0 bridgehead atoms. The molecule has 0 aliphatic heterocycles. The number of benzene rings is 9. The van der Waals surface area contributed by atoms with E-state index >= 15 is 0 Å². The molecule has 0 amide bonds. The highest BCUT2D eigenvalue weighted by molar-refractivity contribution is 7.26. The highest BCUT2D eigenvalue weighted by atomic mass is 32.1. The van der Waals surface area contributed by atoms with Gasteiger partial charge in [-0.25, -0.2) is 0 Å². The number of thiophene rings is 1. The second kappa shape index (κ2) is 11.7. The Hall–Kier alpha value is -6.22. The van der Waals surface area contributed by atoms with E-state index in [-0.39, 0.29) is 0 Å². The second-order valence-electron chi connectivity index (χ2n) is 12.9. The van der Waals surface area contributed by atoms with Gasteiger partial charge in [-0.1, -0.05) is 158 Å². The Labute approximate surface area is 294 Å². The quantitative estimate of drug-likeness (QED) is 0.167. The van der Waals surface area contributed by atoms with Crippen LogP contribution in [-0.4, -0.2) is 0 Å². The first-order chi connectivity index (χ1) is 24.8. The molecule has 9 aromatic carbocycles. The maximum Gasteiger partial charge on any atom is 0.0555 e. The fraction of sp³-hybridized carbons (Fsp3) is 0. The largest absolute Gasteiger partial charge is 0.309 e. The lowest BCUT2D eigenvalue weighted by molar-refractivity contribution is 1.32. The van der Waals surface area contributed by atoms with E-state index in [4.69, 9.17) is 0 Å². The van der Waals surface area contributed by atoms with Gasteiger partial charge in [0.1, 0.15) is 0 Å². The highest BCUT2D eigenvalue weighted by Gasteiger charge is 2.22. The summed E-state index contributed by atoms with van der Waals surface area (Å²) in [5, 5.41) is 10.0. The molecular weight excluding hydrogens is 623 g/mol. The molecule has 0 aliphatic rings. The molecule has 0 radical (unpaired) electrons. The Bertz CT molecular complexity index is 2860. The topological polar surface area (TPSA) is 3.24 Å². The van der Waals surface area contributed by atoms with Crippen LogP contribution >= 0.6 is 11.3 Å². The minimum absolute atomic E-state index is 1.14. The molecule has 10 aromatic rings. The highest BCUT2D eigenvalue weighted by Crippen LogP contribution is 2.49. The molecule has 0 saturated carbocycles. The molecule has 1 heterocycles. The van der Waals surface area contributed by atoms with Gasteiger partial charge in [-0.15, -0.1) is 11.3 Å². The van der Waals surface area contributed by atoms with Crippen LogP contribution in [0.5, 0.6) is 0 Å². The van der Waals surface area contributed by atoms with Gasteiger partial charge >= 0.3 is 0 Å². The molecule has 2 heteroatoms. The third-order valence-electron chi connectivity index (χ3n) is 10.0. The molecule has 10 rings (SSSR count). The van der Waals surface area contributed by atoms with Crippen molar-refractivity contribution in [3.05, 3.63) is 188 Å². The van der Waals surface area contributed by atoms with Crippen molar-refractivity contribution in [2.24, 2.45) is 0 Å². The summed E-state index contributed by atoms with van der Waals surface area (Å²) in [4.78, 5) is 2.49. The number of fused-ring (bicyclic) bond motifs is 7. The van der Waals surface area contributed by atoms with E-state index in [1.54, 1.807) is 0 Å². The van der Waals surface area contributed by atoms with Crippen molar-refractivity contribution in [3.8, 4) is 22.3 Å². The summed E-state index contributed by atoms with van der Waals surface area (Å²) in [6.07, 6.45) is 0. The Morgan fingerprint density at radius 3 is 1.78 bits per heavy atom. The number of hydrogen-bond donors (Lipinski definition) is 0. The zero-order valence-electron chi connectivity index (χ0n) is 27.3. The van der Waals surface area contributed by atoms with Crippen molar-refractivity contribution in [2.45, 2.75) is 0 Å². The molecule has 0 spiro atoms. The summed E-state index contributed by atoms with van der Waals surface area (Å²) in [7, 11) is 0. The summed E-state index contributed by atoms with van der Waals surface area (Å²) in [5.41, 5.74) is 8.42. The van der Waals surface area contributed by atoms with Crippen molar-refractivity contribution in [2.75, 3.05) is 4.90 Å². The van der Waals surface area contributed by atoms with Crippen LogP contribution in [0.2, 0.25) is 0 Å². The lowest BCUT2D eigenvalue weighted by atomic mass is 9.97. The molecule has 234 valence electrons. The van der Waals surface area contributed by atoms with E-state index in [1.807, 2.05) is 11.3 Å². The maximum absolute atomic E-state index is 2.49. The predicted molar refractivity (Wildman–Crippen MR) is 217 cm³/mol. The fourth-order valence-electron chi connectivity index (χ4n) is 7.64. The zero-order valence-corrected chi connectivity index (χ0v) is 28.1. The van der Waals surface area contributed by atoms with Gasteiger partial charge in [0.15, 0.2) is 0 Å². The number of rotatable bonds is 5. The molecule has 0 N–H and O–H groups in total. The number of anilines is 3. The SMILES string of the molecule is c1ccc(-c2ccc(-c3ccc(N(c4ccc5ccc6ccccc6c5c4)c4cccc5ccccc45)c4c3sc3ccccc34)cc2)cc1. The predicted octanol–water partition coefficient (Wildman–Crippen LogP) is 14.3. The summed E-state index contributed by atoms with van der Waals surface area (Å²) in [5.74, 6) is 0. The van der Waals surface area contributed by atoms with Crippen molar-refractivity contribution in [1.29, 1.82) is 0 Å². The average molecular weight is 654 g/mol. The Morgan fingerprint density at radius 2 is 0.960 bits per heavy atom. The van der Waals surface area contributed by atoms with Gasteiger partial charge < -0.3 is 4.90 Å². The number of nitrogens with zero attached hydrogens (tertiary/aromatic N) is 1. The molecule has 1 nitrogen and oxygen atoms in total. The van der Waals surface area contributed by atoms with Crippen LogP contribution in [0, 0.1) is 0 Å². The van der Waals surface area contributed by atoms with Crippen LogP contribution in [0.3, 0.4) is 0 Å². The second-order valence-corrected chi connectivity index (χ2v) is 14.0. The monoisotopic (exact) mass is 653 g/mol.